The van der Waals surface area contributed by atoms with Gasteiger partial charge < -0.3 is 10.2 Å². The summed E-state index contributed by atoms with van der Waals surface area (Å²) in [6, 6.07) is 4.86. The van der Waals surface area contributed by atoms with Crippen LogP contribution in [0.3, 0.4) is 0 Å². The molecule has 2 rings (SSSR count). The fourth-order valence-electron chi connectivity index (χ4n) is 2.00. The van der Waals surface area contributed by atoms with Gasteiger partial charge in [-0.1, -0.05) is 23.9 Å². The van der Waals surface area contributed by atoms with Crippen LogP contribution in [-0.4, -0.2) is 56.9 Å². The molecule has 0 radical (unpaired) electrons. The first-order chi connectivity index (χ1) is 12.2. The van der Waals surface area contributed by atoms with Crippen LogP contribution < -0.4 is 5.32 Å². The summed E-state index contributed by atoms with van der Waals surface area (Å²) in [6.07, 6.45) is -4.55. The molecule has 1 amide bonds. The average Bonchev–Trinajstić information content (AvgIpc) is 2.99. The third-order valence-electron chi connectivity index (χ3n) is 3.40. The first-order valence-electron chi connectivity index (χ1n) is 7.73. The summed E-state index contributed by atoms with van der Waals surface area (Å²) >= 11 is 1.08. The van der Waals surface area contributed by atoms with Gasteiger partial charge in [-0.3, -0.25) is 4.79 Å². The number of carbonyl (C=O) groups is 1. The average molecular weight is 388 g/mol. The first kappa shape index (κ1) is 20.2. The van der Waals surface area contributed by atoms with E-state index in [1.165, 1.54) is 18.2 Å². The lowest BCUT2D eigenvalue weighted by molar-refractivity contribution is -0.137. The molecule has 1 aromatic carbocycles. The Morgan fingerprint density at radius 1 is 1.35 bits per heavy atom. The van der Waals surface area contributed by atoms with Gasteiger partial charge in [0.1, 0.15) is 0 Å². The number of amides is 1. The van der Waals surface area contributed by atoms with Crippen LogP contribution in [0.4, 0.5) is 18.9 Å². The molecule has 1 unspecified atom stereocenters. The molecule has 1 atom stereocenters. The molecule has 0 saturated carbocycles. The van der Waals surface area contributed by atoms with E-state index in [-0.39, 0.29) is 5.69 Å². The van der Waals surface area contributed by atoms with Gasteiger partial charge in [0.15, 0.2) is 0 Å². The molecular weight excluding hydrogens is 369 g/mol. The Kier molecular flexibility index (Phi) is 6.59. The molecule has 1 N–H and O–H groups in total. The minimum Gasteiger partial charge on any atom is -0.325 e. The Morgan fingerprint density at radius 2 is 2.04 bits per heavy atom. The Bertz CT molecular complexity index is 749. The smallest absolute Gasteiger partial charge is 0.325 e. The largest absolute Gasteiger partial charge is 0.418 e. The van der Waals surface area contributed by atoms with Gasteiger partial charge in [-0.2, -0.15) is 13.2 Å². The van der Waals surface area contributed by atoms with Gasteiger partial charge in [-0.05, 0) is 43.6 Å². The van der Waals surface area contributed by atoms with E-state index in [4.69, 9.17) is 0 Å². The summed E-state index contributed by atoms with van der Waals surface area (Å²) in [7, 11) is 3.82. The van der Waals surface area contributed by atoms with Crippen molar-refractivity contribution in [2.45, 2.75) is 30.1 Å². The number of carbonyl (C=O) groups excluding carboxylic acids is 1. The van der Waals surface area contributed by atoms with Crippen molar-refractivity contribution in [3.63, 3.8) is 0 Å². The molecule has 0 fully saturated rings. The van der Waals surface area contributed by atoms with Crippen LogP contribution in [0.1, 0.15) is 12.5 Å². The van der Waals surface area contributed by atoms with E-state index < -0.39 is 22.9 Å². The molecule has 26 heavy (non-hydrogen) atoms. The lowest BCUT2D eigenvalue weighted by atomic mass is 10.1. The second-order valence-electron chi connectivity index (χ2n) is 5.78. The molecule has 0 aliphatic rings. The normalized spacial score (nSPS) is 13.0. The highest BCUT2D eigenvalue weighted by Crippen LogP contribution is 2.35. The van der Waals surface area contributed by atoms with Crippen molar-refractivity contribution in [2.24, 2.45) is 0 Å². The number of likely N-dealkylation sites (N-methyl/N-ethyl adjacent to an activating group) is 1. The molecule has 0 bridgehead atoms. The Hall–Kier alpha value is -2.14. The molecule has 1 aromatic heterocycles. The highest BCUT2D eigenvalue weighted by molar-refractivity contribution is 8.00. The molecule has 1 heterocycles. The highest BCUT2D eigenvalue weighted by atomic mass is 32.2. The van der Waals surface area contributed by atoms with Gasteiger partial charge >= 0.3 is 6.18 Å². The van der Waals surface area contributed by atoms with Crippen LogP contribution in [0.5, 0.6) is 0 Å². The van der Waals surface area contributed by atoms with E-state index in [9.17, 15) is 18.0 Å². The molecule has 0 aliphatic carbocycles. The molecule has 2 aromatic rings. The lowest BCUT2D eigenvalue weighted by Gasteiger charge is -2.16. The van der Waals surface area contributed by atoms with Crippen molar-refractivity contribution in [3.05, 3.63) is 29.8 Å². The molecular formula is C15H19F3N6OS. The van der Waals surface area contributed by atoms with Crippen LogP contribution in [0.15, 0.2) is 29.4 Å². The molecule has 142 valence electrons. The van der Waals surface area contributed by atoms with Gasteiger partial charge in [-0.25, -0.2) is 4.68 Å². The van der Waals surface area contributed by atoms with E-state index >= 15 is 0 Å². The monoisotopic (exact) mass is 388 g/mol. The van der Waals surface area contributed by atoms with E-state index in [1.807, 2.05) is 19.0 Å². The van der Waals surface area contributed by atoms with Crippen LogP contribution in [-0.2, 0) is 17.5 Å². The Morgan fingerprint density at radius 3 is 2.69 bits per heavy atom. The lowest BCUT2D eigenvalue weighted by Crippen LogP contribution is -2.25. The minimum absolute atomic E-state index is 0.273. The summed E-state index contributed by atoms with van der Waals surface area (Å²) < 4.78 is 40.6. The Labute approximate surface area is 152 Å². The molecule has 0 saturated heterocycles. The second-order valence-corrected chi connectivity index (χ2v) is 7.09. The van der Waals surface area contributed by atoms with Gasteiger partial charge in [-0.15, -0.1) is 5.10 Å². The first-order valence-corrected chi connectivity index (χ1v) is 8.61. The zero-order chi connectivity index (χ0) is 19.3. The highest BCUT2D eigenvalue weighted by Gasteiger charge is 2.34. The number of nitrogens with one attached hydrogen (secondary N) is 1. The van der Waals surface area contributed by atoms with Crippen LogP contribution in [0.25, 0.3) is 0 Å². The van der Waals surface area contributed by atoms with E-state index in [0.717, 1.165) is 17.8 Å². The standard InChI is InChI=1S/C15H19F3N6OS/c1-10(26-14-20-21-22-24(14)9-8-23(2)3)13(25)19-12-7-5-4-6-11(12)15(16,17)18/h4-7,10H,8-9H2,1-3H3,(H,19,25). The summed E-state index contributed by atoms with van der Waals surface area (Å²) in [5.74, 6) is -0.561. The summed E-state index contributed by atoms with van der Waals surface area (Å²) in [6.45, 7) is 2.83. The zero-order valence-corrected chi connectivity index (χ0v) is 15.3. The second kappa shape index (κ2) is 8.49. The van der Waals surface area contributed by atoms with Crippen molar-refractivity contribution < 1.29 is 18.0 Å². The number of alkyl halides is 3. The third kappa shape index (κ3) is 5.43. The van der Waals surface area contributed by atoms with Crippen molar-refractivity contribution in [1.82, 2.24) is 25.1 Å². The van der Waals surface area contributed by atoms with E-state index in [1.54, 1.807) is 11.6 Å². The van der Waals surface area contributed by atoms with Crippen LogP contribution in [0.2, 0.25) is 0 Å². The maximum absolute atomic E-state index is 13.0. The number of rotatable bonds is 7. The van der Waals surface area contributed by atoms with E-state index in [2.05, 4.69) is 20.8 Å². The maximum atomic E-state index is 13.0. The number of para-hydroxylation sites is 1. The van der Waals surface area contributed by atoms with Crippen molar-refractivity contribution >= 4 is 23.4 Å². The van der Waals surface area contributed by atoms with Crippen molar-refractivity contribution in [1.29, 1.82) is 0 Å². The summed E-state index contributed by atoms with van der Waals surface area (Å²) in [4.78, 5) is 14.3. The van der Waals surface area contributed by atoms with Crippen LogP contribution >= 0.6 is 11.8 Å². The number of tetrazole rings is 1. The summed E-state index contributed by atoms with van der Waals surface area (Å²) in [5, 5.41) is 13.4. The quantitative estimate of drug-likeness (QED) is 0.734. The third-order valence-corrected chi connectivity index (χ3v) is 4.47. The van der Waals surface area contributed by atoms with Gasteiger partial charge in [0.2, 0.25) is 11.1 Å². The molecule has 7 nitrogen and oxygen atoms in total. The fraction of sp³-hybridized carbons (Fsp3) is 0.467. The number of aromatic nitrogens is 4. The van der Waals surface area contributed by atoms with Gasteiger partial charge in [0.05, 0.1) is 23.0 Å². The molecule has 0 spiro atoms. The predicted octanol–water partition coefficient (Wildman–Crippen LogP) is 2.37. The van der Waals surface area contributed by atoms with Crippen molar-refractivity contribution in [3.8, 4) is 0 Å². The number of thioether (sulfide) groups is 1. The number of anilines is 1. The van der Waals surface area contributed by atoms with Crippen molar-refractivity contribution in [2.75, 3.05) is 26.0 Å². The number of halogens is 3. The van der Waals surface area contributed by atoms with E-state index in [0.29, 0.717) is 18.2 Å². The maximum Gasteiger partial charge on any atom is 0.418 e. The predicted molar refractivity (Wildman–Crippen MR) is 91.8 cm³/mol. The van der Waals surface area contributed by atoms with Gasteiger partial charge in [0, 0.05) is 6.54 Å². The SMILES string of the molecule is CC(Sc1nnnn1CCN(C)C)C(=O)Nc1ccccc1C(F)(F)F. The molecule has 0 aliphatic heterocycles. The molecule has 11 heteroatoms. The van der Waals surface area contributed by atoms with Crippen LogP contribution in [0, 0.1) is 0 Å². The summed E-state index contributed by atoms with van der Waals surface area (Å²) in [5.41, 5.74) is -1.16. The Balaban J connectivity index is 2.05. The minimum atomic E-state index is -4.55. The number of hydrogen-bond acceptors (Lipinski definition) is 6. The number of hydrogen-bond donors (Lipinski definition) is 1. The number of nitrogens with zero attached hydrogens (tertiary/aromatic N) is 5. The topological polar surface area (TPSA) is 75.9 Å². The number of benzene rings is 1. The van der Waals surface area contributed by atoms with Gasteiger partial charge in [0.25, 0.3) is 0 Å². The fourth-order valence-corrected chi connectivity index (χ4v) is 2.82. The zero-order valence-electron chi connectivity index (χ0n) is 14.5.